The number of hydrogen-bond acceptors (Lipinski definition) is 5. The second-order valence-corrected chi connectivity index (χ2v) is 6.08. The zero-order valence-corrected chi connectivity index (χ0v) is 14.7. The van der Waals surface area contributed by atoms with Crippen LogP contribution in [0.15, 0.2) is 36.4 Å². The van der Waals surface area contributed by atoms with Gasteiger partial charge in [0.15, 0.2) is 0 Å². The number of rotatable bonds is 3. The number of nitrogens with zero attached hydrogens (tertiary/aromatic N) is 3. The van der Waals surface area contributed by atoms with Gasteiger partial charge in [0.05, 0.1) is 18.4 Å². The van der Waals surface area contributed by atoms with Crippen LogP contribution in [-0.2, 0) is 4.74 Å². The minimum absolute atomic E-state index is 0.172. The minimum atomic E-state index is -0.417. The fourth-order valence-corrected chi connectivity index (χ4v) is 2.99. The smallest absolute Gasteiger partial charge is 0.339 e. The number of aromatic nitrogens is 1. The first-order valence-corrected chi connectivity index (χ1v) is 8.35. The van der Waals surface area contributed by atoms with Crippen LogP contribution in [0, 0.1) is 12.7 Å². The SMILES string of the molecule is COC(=O)c1ccc(N2CCN(C(=O)c3cccc(F)c3)CC2)nc1C. The number of piperazine rings is 1. The molecule has 0 radical (unpaired) electrons. The summed E-state index contributed by atoms with van der Waals surface area (Å²) >= 11 is 0. The number of pyridine rings is 1. The van der Waals surface area contributed by atoms with Gasteiger partial charge in [-0.1, -0.05) is 6.07 Å². The van der Waals surface area contributed by atoms with E-state index < -0.39 is 11.8 Å². The molecule has 6 nitrogen and oxygen atoms in total. The van der Waals surface area contributed by atoms with Gasteiger partial charge in [0.25, 0.3) is 5.91 Å². The lowest BCUT2D eigenvalue weighted by Gasteiger charge is -2.35. The molecule has 1 aromatic heterocycles. The first-order chi connectivity index (χ1) is 12.5. The Morgan fingerprint density at radius 2 is 1.85 bits per heavy atom. The molecule has 1 amide bonds. The first-order valence-electron chi connectivity index (χ1n) is 8.35. The maximum Gasteiger partial charge on any atom is 0.339 e. The normalized spacial score (nSPS) is 14.3. The molecular formula is C19H20FN3O3. The van der Waals surface area contributed by atoms with Gasteiger partial charge in [0.2, 0.25) is 0 Å². The van der Waals surface area contributed by atoms with Crippen molar-refractivity contribution < 1.29 is 18.7 Å². The van der Waals surface area contributed by atoms with Gasteiger partial charge >= 0.3 is 5.97 Å². The van der Waals surface area contributed by atoms with Gasteiger partial charge in [-0.3, -0.25) is 4.79 Å². The molecular weight excluding hydrogens is 337 g/mol. The van der Waals surface area contributed by atoms with Crippen LogP contribution in [0.25, 0.3) is 0 Å². The molecule has 2 heterocycles. The summed E-state index contributed by atoms with van der Waals surface area (Å²) in [6, 6.07) is 9.21. The van der Waals surface area contributed by atoms with E-state index in [1.807, 2.05) is 0 Å². The van der Waals surface area contributed by atoms with Crippen molar-refractivity contribution in [1.29, 1.82) is 0 Å². The summed E-state index contributed by atoms with van der Waals surface area (Å²) in [5, 5.41) is 0. The Balaban J connectivity index is 1.66. The molecule has 1 aromatic carbocycles. The van der Waals surface area contributed by atoms with E-state index in [0.717, 1.165) is 5.82 Å². The Morgan fingerprint density at radius 1 is 1.12 bits per heavy atom. The number of amides is 1. The average Bonchev–Trinajstić information content (AvgIpc) is 2.67. The molecule has 26 heavy (non-hydrogen) atoms. The minimum Gasteiger partial charge on any atom is -0.465 e. The van der Waals surface area contributed by atoms with Gasteiger partial charge < -0.3 is 14.5 Å². The van der Waals surface area contributed by atoms with E-state index in [0.29, 0.717) is 43.0 Å². The Labute approximate surface area is 151 Å². The molecule has 0 N–H and O–H groups in total. The number of carbonyl (C=O) groups excluding carboxylic acids is 2. The predicted octanol–water partition coefficient (Wildman–Crippen LogP) is 2.28. The lowest BCUT2D eigenvalue weighted by Crippen LogP contribution is -2.49. The summed E-state index contributed by atoms with van der Waals surface area (Å²) in [5.74, 6) is -0.241. The molecule has 0 aliphatic carbocycles. The van der Waals surface area contributed by atoms with Crippen molar-refractivity contribution in [2.75, 3.05) is 38.2 Å². The van der Waals surface area contributed by atoms with E-state index in [9.17, 15) is 14.0 Å². The van der Waals surface area contributed by atoms with E-state index in [1.165, 1.54) is 25.3 Å². The monoisotopic (exact) mass is 357 g/mol. The summed E-state index contributed by atoms with van der Waals surface area (Å²) in [5.41, 5.74) is 1.40. The second-order valence-electron chi connectivity index (χ2n) is 6.08. The number of methoxy groups -OCH3 is 1. The molecule has 7 heteroatoms. The summed E-state index contributed by atoms with van der Waals surface area (Å²) in [6.07, 6.45) is 0. The average molecular weight is 357 g/mol. The topological polar surface area (TPSA) is 62.7 Å². The lowest BCUT2D eigenvalue weighted by atomic mass is 10.1. The van der Waals surface area contributed by atoms with Gasteiger partial charge in [-0.2, -0.15) is 0 Å². The molecule has 0 atom stereocenters. The number of benzene rings is 1. The Hall–Kier alpha value is -2.96. The van der Waals surface area contributed by atoms with Crippen LogP contribution in [0.3, 0.4) is 0 Å². The third-order valence-corrected chi connectivity index (χ3v) is 4.44. The predicted molar refractivity (Wildman–Crippen MR) is 94.8 cm³/mol. The van der Waals surface area contributed by atoms with Crippen LogP contribution in [0.2, 0.25) is 0 Å². The number of aryl methyl sites for hydroxylation is 1. The molecule has 0 spiro atoms. The zero-order chi connectivity index (χ0) is 18.7. The van der Waals surface area contributed by atoms with Crippen molar-refractivity contribution in [1.82, 2.24) is 9.88 Å². The van der Waals surface area contributed by atoms with Crippen molar-refractivity contribution in [2.45, 2.75) is 6.92 Å². The molecule has 1 fully saturated rings. The Kier molecular flexibility index (Phi) is 5.16. The summed E-state index contributed by atoms with van der Waals surface area (Å²) in [4.78, 5) is 32.4. The number of esters is 1. The fourth-order valence-electron chi connectivity index (χ4n) is 2.99. The van der Waals surface area contributed by atoms with Gasteiger partial charge in [-0.05, 0) is 37.3 Å². The lowest BCUT2D eigenvalue weighted by molar-refractivity contribution is 0.0599. The summed E-state index contributed by atoms with van der Waals surface area (Å²) < 4.78 is 18.0. The van der Waals surface area contributed by atoms with E-state index >= 15 is 0 Å². The molecule has 1 aliphatic rings. The van der Waals surface area contributed by atoms with E-state index in [2.05, 4.69) is 9.88 Å². The Morgan fingerprint density at radius 3 is 2.46 bits per heavy atom. The summed E-state index contributed by atoms with van der Waals surface area (Å²) in [7, 11) is 1.34. The van der Waals surface area contributed by atoms with Crippen LogP contribution in [0.4, 0.5) is 10.2 Å². The second kappa shape index (κ2) is 7.51. The maximum absolute atomic E-state index is 13.3. The number of halogens is 1. The highest BCUT2D eigenvalue weighted by atomic mass is 19.1. The van der Waals surface area contributed by atoms with Crippen molar-refractivity contribution in [2.24, 2.45) is 0 Å². The van der Waals surface area contributed by atoms with E-state index in [-0.39, 0.29) is 5.91 Å². The number of ether oxygens (including phenoxy) is 1. The highest BCUT2D eigenvalue weighted by molar-refractivity contribution is 5.94. The molecule has 0 bridgehead atoms. The zero-order valence-electron chi connectivity index (χ0n) is 14.7. The quantitative estimate of drug-likeness (QED) is 0.789. The van der Waals surface area contributed by atoms with Crippen molar-refractivity contribution in [3.8, 4) is 0 Å². The van der Waals surface area contributed by atoms with Gasteiger partial charge in [0, 0.05) is 31.7 Å². The van der Waals surface area contributed by atoms with Crippen molar-refractivity contribution in [3.63, 3.8) is 0 Å². The maximum atomic E-state index is 13.3. The molecule has 1 saturated heterocycles. The van der Waals surface area contributed by atoms with Crippen molar-refractivity contribution >= 4 is 17.7 Å². The van der Waals surface area contributed by atoms with Crippen LogP contribution in [-0.4, -0.2) is 55.0 Å². The fraction of sp³-hybridized carbons (Fsp3) is 0.316. The van der Waals surface area contributed by atoms with E-state index in [1.54, 1.807) is 30.0 Å². The van der Waals surface area contributed by atoms with Crippen LogP contribution in [0.1, 0.15) is 26.4 Å². The van der Waals surface area contributed by atoms with E-state index in [4.69, 9.17) is 4.74 Å². The third kappa shape index (κ3) is 3.66. The largest absolute Gasteiger partial charge is 0.465 e. The van der Waals surface area contributed by atoms with Gasteiger partial charge in [-0.15, -0.1) is 0 Å². The molecule has 136 valence electrons. The number of carbonyl (C=O) groups is 2. The highest BCUT2D eigenvalue weighted by Crippen LogP contribution is 2.18. The molecule has 1 aliphatic heterocycles. The third-order valence-electron chi connectivity index (χ3n) is 4.44. The molecule has 0 saturated carbocycles. The van der Waals surface area contributed by atoms with Crippen molar-refractivity contribution in [3.05, 3.63) is 59.0 Å². The van der Waals surface area contributed by atoms with Crippen LogP contribution >= 0.6 is 0 Å². The van der Waals surface area contributed by atoms with Gasteiger partial charge in [0.1, 0.15) is 11.6 Å². The molecule has 0 unspecified atom stereocenters. The molecule has 2 aromatic rings. The number of hydrogen-bond donors (Lipinski definition) is 0. The molecule has 3 rings (SSSR count). The number of anilines is 1. The van der Waals surface area contributed by atoms with Crippen LogP contribution < -0.4 is 4.90 Å². The summed E-state index contributed by atoms with van der Waals surface area (Å²) in [6.45, 7) is 4.04. The standard InChI is InChI=1S/C19H20FN3O3/c1-13-16(19(25)26-2)6-7-17(21-13)22-8-10-23(11-9-22)18(24)14-4-3-5-15(20)12-14/h3-7,12H,8-11H2,1-2H3. The van der Waals surface area contributed by atoms with Gasteiger partial charge in [-0.25, -0.2) is 14.2 Å². The van der Waals surface area contributed by atoms with Crippen LogP contribution in [0.5, 0.6) is 0 Å². The first kappa shape index (κ1) is 17.8. The highest BCUT2D eigenvalue weighted by Gasteiger charge is 2.23. The Bertz CT molecular complexity index is 833.